The van der Waals surface area contributed by atoms with Crippen molar-refractivity contribution in [2.45, 2.75) is 135 Å². The van der Waals surface area contributed by atoms with Crippen LogP contribution in [0.4, 0.5) is 17.5 Å². The first kappa shape index (κ1) is 75.9. The van der Waals surface area contributed by atoms with Crippen LogP contribution in [0, 0.1) is 41.5 Å². The van der Waals surface area contributed by atoms with E-state index in [1.54, 1.807) is 42.9 Å². The second-order valence-electron chi connectivity index (χ2n) is 24.0. The Kier molecular flexibility index (Phi) is 27.1. The lowest BCUT2D eigenvalue weighted by molar-refractivity contribution is 0.0600. The number of hydrogen-bond acceptors (Lipinski definition) is 17. The number of nitrogens with two attached hydrogens (primary N) is 4. The summed E-state index contributed by atoms with van der Waals surface area (Å²) in [5.74, 6) is 0.923. The highest BCUT2D eigenvalue weighted by Gasteiger charge is 2.15. The molecule has 0 aliphatic carbocycles. The van der Waals surface area contributed by atoms with E-state index in [-0.39, 0.29) is 32.6 Å². The predicted octanol–water partition coefficient (Wildman–Crippen LogP) is 14.2. The number of nitrogen functional groups attached to an aromatic ring is 3. The monoisotopic (exact) mass is 1340 g/mol. The molecule has 19 heteroatoms. The van der Waals surface area contributed by atoms with Crippen molar-refractivity contribution < 1.29 is 19.1 Å². The molecule has 0 saturated heterocycles. The molecule has 0 aliphatic heterocycles. The molecule has 12 aromatic rings. The van der Waals surface area contributed by atoms with Gasteiger partial charge in [0.15, 0.2) is 0 Å². The van der Waals surface area contributed by atoms with Gasteiger partial charge in [0.05, 0.1) is 29.2 Å². The third-order valence-corrected chi connectivity index (χ3v) is 16.8. The molecule has 12 rings (SSSR count). The summed E-state index contributed by atoms with van der Waals surface area (Å²) in [6, 6.07) is 47.3. The van der Waals surface area contributed by atoms with Crippen molar-refractivity contribution in [2.75, 3.05) is 24.3 Å². The summed E-state index contributed by atoms with van der Waals surface area (Å²) in [5.41, 5.74) is 45.3. The van der Waals surface area contributed by atoms with Crippen LogP contribution in [0.3, 0.4) is 0 Å². The number of fused-ring (bicyclic) bond motifs is 3. The van der Waals surface area contributed by atoms with Gasteiger partial charge in [-0.15, -0.1) is 0 Å². The molecule has 2 amide bonds. The number of pyridine rings is 9. The van der Waals surface area contributed by atoms with Gasteiger partial charge >= 0.3 is 5.97 Å². The van der Waals surface area contributed by atoms with Crippen LogP contribution in [-0.2, 0) is 62.9 Å². The molecule has 0 radical (unpaired) electrons. The van der Waals surface area contributed by atoms with Crippen molar-refractivity contribution in [3.05, 3.63) is 282 Å². The highest BCUT2D eigenvalue weighted by Crippen LogP contribution is 2.23. The van der Waals surface area contributed by atoms with E-state index in [9.17, 15) is 14.4 Å². The zero-order valence-corrected chi connectivity index (χ0v) is 57.4. The van der Waals surface area contributed by atoms with Crippen LogP contribution in [0.2, 0.25) is 0 Å². The molecule has 9 aromatic heterocycles. The molecule has 10 N–H and O–H groups in total. The number of aryl methyl sites for hydroxylation is 9. The van der Waals surface area contributed by atoms with Gasteiger partial charge in [-0.25, -0.2) is 19.7 Å². The fourth-order valence-corrected chi connectivity index (χ4v) is 11.5. The van der Waals surface area contributed by atoms with E-state index in [1.807, 2.05) is 90.1 Å². The summed E-state index contributed by atoms with van der Waals surface area (Å²) in [7, 11) is 1.38. The molecule has 516 valence electrons. The number of ether oxygens (including phenoxy) is 1. The van der Waals surface area contributed by atoms with Crippen LogP contribution < -0.4 is 33.6 Å². The van der Waals surface area contributed by atoms with Gasteiger partial charge in [0.1, 0.15) is 17.5 Å². The highest BCUT2D eigenvalue weighted by atomic mass is 16.5. The number of hydrogen-bond donors (Lipinski definition) is 6. The number of carbonyl (C=O) groups excluding carboxylic acids is 3. The Labute approximate surface area is 587 Å². The molecule has 3 aromatic carbocycles. The minimum atomic E-state index is -0.344. The van der Waals surface area contributed by atoms with Gasteiger partial charge in [-0.05, 0) is 220 Å². The Bertz CT molecular complexity index is 4590. The molecule has 100 heavy (non-hydrogen) atoms. The smallest absolute Gasteiger partial charge is 0.337 e. The largest absolute Gasteiger partial charge is 0.465 e. The van der Waals surface area contributed by atoms with E-state index in [2.05, 4.69) is 149 Å². The molecular weight excluding hydrogens is 1250 g/mol. The maximum atomic E-state index is 12.8. The lowest BCUT2D eigenvalue weighted by Crippen LogP contribution is -2.24. The number of rotatable bonds is 17. The lowest BCUT2D eigenvalue weighted by atomic mass is 10.0. The summed E-state index contributed by atoms with van der Waals surface area (Å²) in [6.07, 6.45) is 9.73. The summed E-state index contributed by atoms with van der Waals surface area (Å²) in [6.45, 7) is 19.3. The molecule has 0 atom stereocenters. The normalized spacial score (nSPS) is 10.6. The van der Waals surface area contributed by atoms with Crippen molar-refractivity contribution in [3.63, 3.8) is 0 Å². The van der Waals surface area contributed by atoms with Crippen LogP contribution in [-0.4, -0.2) is 69.7 Å². The van der Waals surface area contributed by atoms with E-state index in [0.717, 1.165) is 153 Å². The molecule has 0 unspecified atom stereocenters. The number of carbonyl (C=O) groups is 3. The zero-order chi connectivity index (χ0) is 70.0. The van der Waals surface area contributed by atoms with E-state index in [0.29, 0.717) is 73.0 Å². The predicted molar refractivity (Wildman–Crippen MR) is 404 cm³/mol. The van der Waals surface area contributed by atoms with Gasteiger partial charge in [0.25, 0.3) is 11.8 Å². The maximum absolute atomic E-state index is 12.8. The average Bonchev–Trinajstić information content (AvgIpc) is 0.745. The van der Waals surface area contributed by atoms with Crippen molar-refractivity contribution in [1.82, 2.24) is 55.5 Å². The number of aromatic nitrogens is 9. The number of amides is 2. The Morgan fingerprint density at radius 2 is 0.710 bits per heavy atom. The molecule has 9 heterocycles. The number of anilines is 3. The van der Waals surface area contributed by atoms with Crippen LogP contribution >= 0.6 is 0 Å². The van der Waals surface area contributed by atoms with Gasteiger partial charge in [-0.2, -0.15) is 0 Å². The maximum Gasteiger partial charge on any atom is 0.337 e. The first-order chi connectivity index (χ1) is 47.2. The second-order valence-corrected chi connectivity index (χ2v) is 24.0. The van der Waals surface area contributed by atoms with Crippen molar-refractivity contribution in [2.24, 2.45) is 5.73 Å². The number of nitrogens with zero attached hydrogens (tertiary/aromatic N) is 9. The zero-order valence-electron chi connectivity index (χ0n) is 57.4. The molecule has 0 fully saturated rings. The van der Waals surface area contributed by atoms with Gasteiger partial charge in [-0.1, -0.05) is 72.0 Å². The minimum absolute atomic E-state index is 0. The van der Waals surface area contributed by atoms with Gasteiger partial charge in [-0.3, -0.25) is 39.5 Å². The summed E-state index contributed by atoms with van der Waals surface area (Å²) >= 11 is 0. The molecule has 0 bridgehead atoms. The van der Waals surface area contributed by atoms with E-state index in [4.69, 9.17) is 27.7 Å². The molecule has 0 spiro atoms. The number of esters is 1. The van der Waals surface area contributed by atoms with Crippen LogP contribution in [0.25, 0.3) is 32.7 Å². The third-order valence-electron chi connectivity index (χ3n) is 16.8. The first-order valence-corrected chi connectivity index (χ1v) is 32.7. The SMILES string of the molecule is C.C.CCc1ccc2cc(Cc3cc(C(=O)NCc4c(C)cc(N)nc4C)ccn3)ccc2n1.CCc1ccc2cc(Cc3cc(C(=O)NCc4c(C)cc(N)nc4C)ccn3)ccc2n1.CCc1ccc2cc(Cc3cc(C(=O)OC)ccn3)ccc2n1.Cc1cc(N)nc(C)c1CN. The Hall–Kier alpha value is -11.4. The van der Waals surface area contributed by atoms with Gasteiger partial charge in [0, 0.05) is 136 Å². The van der Waals surface area contributed by atoms with Crippen LogP contribution in [0.1, 0.15) is 168 Å². The van der Waals surface area contributed by atoms with Crippen molar-refractivity contribution in [3.8, 4) is 0 Å². The van der Waals surface area contributed by atoms with E-state index < -0.39 is 0 Å². The van der Waals surface area contributed by atoms with Gasteiger partial charge in [0.2, 0.25) is 0 Å². The number of methoxy groups -OCH3 is 1. The minimum Gasteiger partial charge on any atom is -0.465 e. The van der Waals surface area contributed by atoms with Crippen LogP contribution in [0.15, 0.2) is 164 Å². The van der Waals surface area contributed by atoms with E-state index in [1.165, 1.54) is 7.11 Å². The number of nitrogens with one attached hydrogen (secondary N) is 2. The Balaban J connectivity index is 0.000000196. The highest BCUT2D eigenvalue weighted by molar-refractivity contribution is 5.95. The fraction of sp³-hybridized carbons (Fsp3) is 0.259. The third kappa shape index (κ3) is 20.3. The van der Waals surface area contributed by atoms with Crippen molar-refractivity contribution in [1.29, 1.82) is 0 Å². The lowest BCUT2D eigenvalue weighted by Gasteiger charge is -2.12. The summed E-state index contributed by atoms with van der Waals surface area (Å²) in [5, 5.41) is 9.30. The summed E-state index contributed by atoms with van der Waals surface area (Å²) in [4.78, 5) is 77.0. The second kappa shape index (κ2) is 35.7. The van der Waals surface area contributed by atoms with E-state index >= 15 is 0 Å². The summed E-state index contributed by atoms with van der Waals surface area (Å²) < 4.78 is 4.75. The molecular formula is C81H93N15O4. The van der Waals surface area contributed by atoms with Crippen molar-refractivity contribution >= 4 is 67.9 Å². The number of benzene rings is 3. The Morgan fingerprint density at radius 3 is 1.02 bits per heavy atom. The molecule has 19 nitrogen and oxygen atoms in total. The topological polar surface area (TPSA) is 305 Å². The van der Waals surface area contributed by atoms with Gasteiger partial charge < -0.3 is 38.3 Å². The molecule has 0 aliphatic rings. The fourth-order valence-electron chi connectivity index (χ4n) is 11.5. The average molecular weight is 1340 g/mol. The standard InChI is InChI=1S/2C26H27N5O.C19H18N2O2.C8H13N3.2CH4/c2*1-4-21-7-6-19-12-18(5-8-24(19)31-21)13-22-14-20(9-10-28-22)26(32)29-15-23-16(2)11-25(27)30-17(23)3;1-3-16-6-5-14-10-13(4-7-18(14)21-16)11-17-12-15(8-9-20-17)19(22)23-2;1-5-3-8(10)11-6(2)7(5)4-9;;/h2*5-12,14H,4,13,15H2,1-3H3,(H2,27,30)(H,29,32);4-10,12H,3,11H2,1-2H3;3H,4,9H2,1-2H3,(H2,10,11);2*1H4. The van der Waals surface area contributed by atoms with Crippen LogP contribution in [0.5, 0.6) is 0 Å². The Morgan fingerprint density at radius 1 is 0.390 bits per heavy atom. The first-order valence-electron chi connectivity index (χ1n) is 32.7. The molecule has 0 saturated carbocycles. The quantitative estimate of drug-likeness (QED) is 0.0462.